The van der Waals surface area contributed by atoms with E-state index in [1.807, 2.05) is 37.3 Å². The molecule has 2 rings (SSSR count). The van der Waals surface area contributed by atoms with Gasteiger partial charge in [-0.1, -0.05) is 24.3 Å². The summed E-state index contributed by atoms with van der Waals surface area (Å²) in [4.78, 5) is 11.0. The number of halogens is 1. The Kier molecular flexibility index (Phi) is 2.26. The SMILES string of the molecule is Cc1cccc2ccc(C(=O)Cl)cc12. The molecule has 0 spiro atoms. The molecule has 70 valence electrons. The maximum Gasteiger partial charge on any atom is 0.252 e. The molecule has 0 radical (unpaired) electrons. The molecule has 14 heavy (non-hydrogen) atoms. The highest BCUT2D eigenvalue weighted by Gasteiger charge is 2.03. The smallest absolute Gasteiger partial charge is 0.252 e. The van der Waals surface area contributed by atoms with E-state index in [0.29, 0.717) is 5.56 Å². The van der Waals surface area contributed by atoms with Gasteiger partial charge in [-0.05, 0) is 47.0 Å². The molecule has 0 aromatic heterocycles. The van der Waals surface area contributed by atoms with E-state index in [1.54, 1.807) is 6.07 Å². The standard InChI is InChI=1S/C12H9ClO/c1-8-3-2-4-9-5-6-10(12(13)14)7-11(8)9/h2-7H,1H3. The third kappa shape index (κ3) is 1.51. The summed E-state index contributed by atoms with van der Waals surface area (Å²) in [5, 5.41) is 1.81. The van der Waals surface area contributed by atoms with Crippen LogP contribution in [0.5, 0.6) is 0 Å². The van der Waals surface area contributed by atoms with Crippen molar-refractivity contribution in [3.05, 3.63) is 47.5 Å². The lowest BCUT2D eigenvalue weighted by molar-refractivity contribution is 0.108. The van der Waals surface area contributed by atoms with Crippen LogP contribution in [0.15, 0.2) is 36.4 Å². The first-order chi connectivity index (χ1) is 6.68. The molecule has 2 heteroatoms. The van der Waals surface area contributed by atoms with E-state index in [4.69, 9.17) is 11.6 Å². The summed E-state index contributed by atoms with van der Waals surface area (Å²) in [6.07, 6.45) is 0. The fraction of sp³-hybridized carbons (Fsp3) is 0.0833. The van der Waals surface area contributed by atoms with Crippen LogP contribution in [0.2, 0.25) is 0 Å². The number of fused-ring (bicyclic) bond motifs is 1. The fourth-order valence-electron chi connectivity index (χ4n) is 1.55. The zero-order valence-electron chi connectivity index (χ0n) is 7.75. The second kappa shape index (κ2) is 3.43. The minimum absolute atomic E-state index is 0.407. The lowest BCUT2D eigenvalue weighted by Crippen LogP contribution is -1.88. The maximum atomic E-state index is 11.0. The van der Waals surface area contributed by atoms with Crippen molar-refractivity contribution >= 4 is 27.6 Å². The summed E-state index contributed by atoms with van der Waals surface area (Å²) < 4.78 is 0. The largest absolute Gasteiger partial charge is 0.276 e. The number of carbonyl (C=O) groups excluding carboxylic acids is 1. The quantitative estimate of drug-likeness (QED) is 0.650. The van der Waals surface area contributed by atoms with Crippen LogP contribution in [0.1, 0.15) is 15.9 Å². The van der Waals surface area contributed by atoms with Gasteiger partial charge in [0.2, 0.25) is 0 Å². The summed E-state index contributed by atoms with van der Waals surface area (Å²) in [5.41, 5.74) is 1.70. The van der Waals surface area contributed by atoms with Gasteiger partial charge in [-0.3, -0.25) is 4.79 Å². The van der Waals surface area contributed by atoms with Crippen LogP contribution in [0.25, 0.3) is 10.8 Å². The zero-order valence-corrected chi connectivity index (χ0v) is 8.51. The molecule has 0 saturated carbocycles. The van der Waals surface area contributed by atoms with Crippen LogP contribution in [-0.2, 0) is 0 Å². The molecule has 0 bridgehead atoms. The highest BCUT2D eigenvalue weighted by Crippen LogP contribution is 2.20. The van der Waals surface area contributed by atoms with Gasteiger partial charge in [0.1, 0.15) is 0 Å². The summed E-state index contributed by atoms with van der Waals surface area (Å²) in [5.74, 6) is 0. The molecule has 0 aliphatic heterocycles. The van der Waals surface area contributed by atoms with Crippen molar-refractivity contribution in [2.24, 2.45) is 0 Å². The van der Waals surface area contributed by atoms with Crippen molar-refractivity contribution < 1.29 is 4.79 Å². The van der Waals surface area contributed by atoms with Crippen molar-refractivity contribution in [3.63, 3.8) is 0 Å². The van der Waals surface area contributed by atoms with Gasteiger partial charge in [-0.2, -0.15) is 0 Å². The van der Waals surface area contributed by atoms with Crippen molar-refractivity contribution in [2.75, 3.05) is 0 Å². The van der Waals surface area contributed by atoms with Gasteiger partial charge in [0.05, 0.1) is 0 Å². The molecule has 1 nitrogen and oxygen atoms in total. The van der Waals surface area contributed by atoms with Gasteiger partial charge in [-0.15, -0.1) is 0 Å². The first-order valence-corrected chi connectivity index (χ1v) is 4.75. The molecule has 2 aromatic carbocycles. The normalized spacial score (nSPS) is 10.4. The van der Waals surface area contributed by atoms with E-state index in [2.05, 4.69) is 0 Å². The van der Waals surface area contributed by atoms with Gasteiger partial charge in [0.25, 0.3) is 5.24 Å². The lowest BCUT2D eigenvalue weighted by atomic mass is 10.0. The predicted molar refractivity (Wildman–Crippen MR) is 58.9 cm³/mol. The van der Waals surface area contributed by atoms with Gasteiger partial charge in [-0.25, -0.2) is 0 Å². The number of hydrogen-bond acceptors (Lipinski definition) is 1. The Hall–Kier alpha value is -1.34. The molecule has 0 amide bonds. The van der Waals surface area contributed by atoms with Crippen molar-refractivity contribution in [1.82, 2.24) is 0 Å². The topological polar surface area (TPSA) is 17.1 Å². The van der Waals surface area contributed by atoms with Crippen LogP contribution < -0.4 is 0 Å². The van der Waals surface area contributed by atoms with E-state index < -0.39 is 5.24 Å². The summed E-state index contributed by atoms with van der Waals surface area (Å²) in [7, 11) is 0. The Balaban J connectivity index is 2.76. The van der Waals surface area contributed by atoms with Crippen LogP contribution in [0.3, 0.4) is 0 Å². The Morgan fingerprint density at radius 3 is 2.71 bits per heavy atom. The second-order valence-electron chi connectivity index (χ2n) is 3.28. The zero-order chi connectivity index (χ0) is 10.1. The Morgan fingerprint density at radius 2 is 2.00 bits per heavy atom. The highest BCUT2D eigenvalue weighted by atomic mass is 35.5. The number of hydrogen-bond donors (Lipinski definition) is 0. The minimum Gasteiger partial charge on any atom is -0.276 e. The van der Waals surface area contributed by atoms with Crippen LogP contribution in [0, 0.1) is 6.92 Å². The van der Waals surface area contributed by atoms with Crippen LogP contribution in [-0.4, -0.2) is 5.24 Å². The third-order valence-electron chi connectivity index (χ3n) is 2.33. The van der Waals surface area contributed by atoms with E-state index in [9.17, 15) is 4.79 Å². The first kappa shape index (κ1) is 9.22. The fourth-order valence-corrected chi connectivity index (χ4v) is 1.67. The molecule has 0 atom stereocenters. The minimum atomic E-state index is -0.407. The first-order valence-electron chi connectivity index (χ1n) is 4.38. The summed E-state index contributed by atoms with van der Waals surface area (Å²) >= 11 is 5.42. The molecule has 0 aliphatic rings. The Bertz CT molecular complexity index is 503. The third-order valence-corrected chi connectivity index (χ3v) is 2.55. The molecular weight excluding hydrogens is 196 g/mol. The van der Waals surface area contributed by atoms with Gasteiger partial charge in [0.15, 0.2) is 0 Å². The average molecular weight is 205 g/mol. The van der Waals surface area contributed by atoms with Gasteiger partial charge < -0.3 is 0 Å². The van der Waals surface area contributed by atoms with Crippen LogP contribution >= 0.6 is 11.6 Å². The molecule has 0 N–H and O–H groups in total. The van der Waals surface area contributed by atoms with Crippen molar-refractivity contribution in [1.29, 1.82) is 0 Å². The van der Waals surface area contributed by atoms with Gasteiger partial charge >= 0.3 is 0 Å². The maximum absolute atomic E-state index is 11.0. The molecule has 0 heterocycles. The van der Waals surface area contributed by atoms with Crippen LogP contribution in [0.4, 0.5) is 0 Å². The number of aryl methyl sites for hydroxylation is 1. The Labute approximate surface area is 87.3 Å². The molecule has 2 aromatic rings. The van der Waals surface area contributed by atoms with Crippen molar-refractivity contribution in [3.8, 4) is 0 Å². The summed E-state index contributed by atoms with van der Waals surface area (Å²) in [6, 6.07) is 11.5. The van der Waals surface area contributed by atoms with Crippen molar-refractivity contribution in [2.45, 2.75) is 6.92 Å². The molecular formula is C12H9ClO. The molecule has 0 aliphatic carbocycles. The van der Waals surface area contributed by atoms with Gasteiger partial charge in [0, 0.05) is 5.56 Å². The number of carbonyl (C=O) groups is 1. The van der Waals surface area contributed by atoms with E-state index in [-0.39, 0.29) is 0 Å². The van der Waals surface area contributed by atoms with E-state index >= 15 is 0 Å². The second-order valence-corrected chi connectivity index (χ2v) is 3.63. The number of rotatable bonds is 1. The number of benzene rings is 2. The van der Waals surface area contributed by atoms with E-state index in [0.717, 1.165) is 16.3 Å². The summed E-state index contributed by atoms with van der Waals surface area (Å²) in [6.45, 7) is 2.02. The molecule has 0 unspecified atom stereocenters. The Morgan fingerprint density at radius 1 is 1.21 bits per heavy atom. The highest BCUT2D eigenvalue weighted by molar-refractivity contribution is 6.67. The molecule has 0 fully saturated rings. The monoisotopic (exact) mass is 204 g/mol. The molecule has 0 saturated heterocycles. The predicted octanol–water partition coefficient (Wildman–Crippen LogP) is 3.53. The average Bonchev–Trinajstić information content (AvgIpc) is 2.18. The van der Waals surface area contributed by atoms with E-state index in [1.165, 1.54) is 0 Å². The lowest BCUT2D eigenvalue weighted by Gasteiger charge is -2.02.